The Morgan fingerprint density at radius 2 is 1.94 bits per heavy atom. The van der Waals surface area contributed by atoms with Gasteiger partial charge in [-0.15, -0.1) is 0 Å². The molecule has 1 aliphatic rings. The van der Waals surface area contributed by atoms with E-state index >= 15 is 0 Å². The second kappa shape index (κ2) is 7.68. The van der Waals surface area contributed by atoms with Gasteiger partial charge in [-0.2, -0.15) is 10.5 Å². The molecule has 2 unspecified atom stereocenters. The van der Waals surface area contributed by atoms with E-state index in [1.165, 1.54) is 0 Å². The minimum absolute atomic E-state index is 0.0404. The molecule has 0 radical (unpaired) electrons. The van der Waals surface area contributed by atoms with Crippen molar-refractivity contribution >= 4 is 5.91 Å². The number of carbonyl (C=O) groups excluding carboxylic acids is 1. The maximum absolute atomic E-state index is 12.3. The molecule has 1 rings (SSSR count). The highest BCUT2D eigenvalue weighted by atomic mass is 16.2. The molecule has 1 fully saturated rings. The van der Waals surface area contributed by atoms with Crippen LogP contribution < -0.4 is 5.32 Å². The molecular weight excluding hydrogens is 228 g/mol. The van der Waals surface area contributed by atoms with Crippen molar-refractivity contribution in [1.29, 1.82) is 10.5 Å². The zero-order valence-corrected chi connectivity index (χ0v) is 10.9. The highest BCUT2D eigenvalue weighted by Gasteiger charge is 2.28. The molecule has 18 heavy (non-hydrogen) atoms. The van der Waals surface area contributed by atoms with Crippen LogP contribution in [0.4, 0.5) is 0 Å². The fourth-order valence-electron chi connectivity index (χ4n) is 2.32. The Morgan fingerprint density at radius 1 is 1.33 bits per heavy atom. The lowest BCUT2D eigenvalue weighted by Crippen LogP contribution is -2.44. The van der Waals surface area contributed by atoms with E-state index in [-0.39, 0.29) is 11.8 Å². The van der Waals surface area contributed by atoms with Gasteiger partial charge in [0.1, 0.15) is 0 Å². The van der Waals surface area contributed by atoms with Gasteiger partial charge in [0.15, 0.2) is 0 Å². The largest absolute Gasteiger partial charge is 0.340 e. The number of carbonyl (C=O) groups is 1. The van der Waals surface area contributed by atoms with Gasteiger partial charge in [0.25, 0.3) is 0 Å². The first-order chi connectivity index (χ1) is 8.69. The Bertz CT molecular complexity index is 337. The fourth-order valence-corrected chi connectivity index (χ4v) is 2.32. The number of hydrogen-bond acceptors (Lipinski definition) is 4. The minimum atomic E-state index is 0.0404. The second-order valence-corrected chi connectivity index (χ2v) is 4.72. The van der Waals surface area contributed by atoms with Gasteiger partial charge in [0.2, 0.25) is 5.91 Å². The Labute approximate surface area is 108 Å². The molecular formula is C13H20N4O. The quantitative estimate of drug-likeness (QED) is 0.788. The monoisotopic (exact) mass is 248 g/mol. The molecule has 0 saturated carbocycles. The summed E-state index contributed by atoms with van der Waals surface area (Å²) in [5.74, 6) is 0.146. The highest BCUT2D eigenvalue weighted by Crippen LogP contribution is 2.19. The molecule has 0 bridgehead atoms. The van der Waals surface area contributed by atoms with Gasteiger partial charge in [-0.25, -0.2) is 0 Å². The summed E-state index contributed by atoms with van der Waals surface area (Å²) in [5.41, 5.74) is 0. The summed E-state index contributed by atoms with van der Waals surface area (Å²) in [6.45, 7) is 3.82. The van der Waals surface area contributed by atoms with Crippen LogP contribution in [0.2, 0.25) is 0 Å². The zero-order valence-electron chi connectivity index (χ0n) is 10.9. The van der Waals surface area contributed by atoms with E-state index < -0.39 is 0 Å². The third-order valence-corrected chi connectivity index (χ3v) is 3.27. The number of rotatable bonds is 5. The Balaban J connectivity index is 2.57. The molecule has 5 nitrogen and oxygen atoms in total. The predicted octanol–water partition coefficient (Wildman–Crippen LogP) is 1.03. The topological polar surface area (TPSA) is 79.9 Å². The van der Waals surface area contributed by atoms with Crippen LogP contribution in [-0.2, 0) is 4.79 Å². The van der Waals surface area contributed by atoms with Gasteiger partial charge >= 0.3 is 0 Å². The Kier molecular flexibility index (Phi) is 6.18. The molecule has 0 spiro atoms. The van der Waals surface area contributed by atoms with Crippen LogP contribution in [-0.4, -0.2) is 36.5 Å². The molecule has 98 valence electrons. The minimum Gasteiger partial charge on any atom is -0.340 e. The first-order valence-electron chi connectivity index (χ1n) is 6.45. The van der Waals surface area contributed by atoms with Crippen LogP contribution in [0.1, 0.15) is 32.6 Å². The fraction of sp³-hybridized carbons (Fsp3) is 0.769. The zero-order chi connectivity index (χ0) is 13.4. The van der Waals surface area contributed by atoms with E-state index in [0.29, 0.717) is 32.0 Å². The number of nitriles is 2. The summed E-state index contributed by atoms with van der Waals surface area (Å²) >= 11 is 0. The molecule has 2 atom stereocenters. The summed E-state index contributed by atoms with van der Waals surface area (Å²) in [6.07, 6.45) is 2.35. The lowest BCUT2D eigenvalue weighted by molar-refractivity contribution is -0.136. The summed E-state index contributed by atoms with van der Waals surface area (Å²) in [4.78, 5) is 14.0. The summed E-state index contributed by atoms with van der Waals surface area (Å²) in [7, 11) is 0. The number of amides is 1. The van der Waals surface area contributed by atoms with Crippen LogP contribution in [0.5, 0.6) is 0 Å². The lowest BCUT2D eigenvalue weighted by Gasteiger charge is -2.31. The summed E-state index contributed by atoms with van der Waals surface area (Å²) in [5, 5.41) is 20.5. The lowest BCUT2D eigenvalue weighted by atomic mass is 9.92. The molecule has 1 saturated heterocycles. The molecule has 1 heterocycles. The summed E-state index contributed by atoms with van der Waals surface area (Å²) in [6, 6.07) is 4.47. The van der Waals surface area contributed by atoms with Gasteiger partial charge < -0.3 is 10.2 Å². The average Bonchev–Trinajstić information content (AvgIpc) is 2.38. The summed E-state index contributed by atoms with van der Waals surface area (Å²) < 4.78 is 0. The predicted molar refractivity (Wildman–Crippen MR) is 67.2 cm³/mol. The van der Waals surface area contributed by atoms with Crippen molar-refractivity contribution in [1.82, 2.24) is 10.2 Å². The van der Waals surface area contributed by atoms with Crippen molar-refractivity contribution in [2.45, 2.75) is 38.6 Å². The van der Waals surface area contributed by atoms with Gasteiger partial charge in [0, 0.05) is 25.0 Å². The normalized spacial score (nSPS) is 22.8. The van der Waals surface area contributed by atoms with E-state index in [1.807, 2.05) is 0 Å². The third kappa shape index (κ3) is 4.35. The molecule has 0 aromatic carbocycles. The highest BCUT2D eigenvalue weighted by molar-refractivity contribution is 5.79. The number of nitrogens with one attached hydrogen (secondary N) is 1. The molecule has 0 aromatic heterocycles. The van der Waals surface area contributed by atoms with Gasteiger partial charge in [-0.1, -0.05) is 0 Å². The van der Waals surface area contributed by atoms with Gasteiger partial charge in [0.05, 0.1) is 25.0 Å². The van der Waals surface area contributed by atoms with Crippen LogP contribution in [0, 0.1) is 28.6 Å². The van der Waals surface area contributed by atoms with Crippen molar-refractivity contribution in [3.8, 4) is 12.1 Å². The molecule has 0 aliphatic carbocycles. The van der Waals surface area contributed by atoms with Crippen molar-refractivity contribution < 1.29 is 4.79 Å². The van der Waals surface area contributed by atoms with Crippen LogP contribution in [0.25, 0.3) is 0 Å². The molecule has 0 aromatic rings. The molecule has 1 aliphatic heterocycles. The maximum atomic E-state index is 12.3. The van der Waals surface area contributed by atoms with Crippen LogP contribution in [0.3, 0.4) is 0 Å². The number of piperidine rings is 1. The van der Waals surface area contributed by atoms with E-state index in [1.54, 1.807) is 4.90 Å². The van der Waals surface area contributed by atoms with E-state index in [9.17, 15) is 4.79 Å². The Morgan fingerprint density at radius 3 is 2.44 bits per heavy atom. The van der Waals surface area contributed by atoms with Crippen molar-refractivity contribution in [3.63, 3.8) is 0 Å². The first-order valence-corrected chi connectivity index (χ1v) is 6.45. The number of nitrogens with zero attached hydrogens (tertiary/aromatic N) is 3. The van der Waals surface area contributed by atoms with E-state index in [4.69, 9.17) is 10.5 Å². The SMILES string of the molecule is CC1CC(C(=O)N(CCC#N)CCC#N)CCN1. The first kappa shape index (κ1) is 14.5. The van der Waals surface area contributed by atoms with E-state index in [0.717, 1.165) is 19.4 Å². The smallest absolute Gasteiger partial charge is 0.225 e. The van der Waals surface area contributed by atoms with Crippen molar-refractivity contribution in [3.05, 3.63) is 0 Å². The molecule has 1 amide bonds. The Hall–Kier alpha value is -1.59. The second-order valence-electron chi connectivity index (χ2n) is 4.72. The van der Waals surface area contributed by atoms with Gasteiger partial charge in [-0.05, 0) is 26.3 Å². The molecule has 1 N–H and O–H groups in total. The third-order valence-electron chi connectivity index (χ3n) is 3.27. The molecule has 5 heteroatoms. The van der Waals surface area contributed by atoms with Crippen LogP contribution >= 0.6 is 0 Å². The maximum Gasteiger partial charge on any atom is 0.225 e. The van der Waals surface area contributed by atoms with Crippen molar-refractivity contribution in [2.24, 2.45) is 5.92 Å². The van der Waals surface area contributed by atoms with E-state index in [2.05, 4.69) is 24.4 Å². The van der Waals surface area contributed by atoms with Crippen LogP contribution in [0.15, 0.2) is 0 Å². The van der Waals surface area contributed by atoms with Crippen molar-refractivity contribution in [2.75, 3.05) is 19.6 Å². The standard InChI is InChI=1S/C13H20N4O/c1-11-10-12(4-7-16-11)13(18)17(8-2-5-14)9-3-6-15/h11-12,16H,2-4,7-10H2,1H3. The average molecular weight is 248 g/mol. The number of hydrogen-bond donors (Lipinski definition) is 1. The van der Waals surface area contributed by atoms with Gasteiger partial charge in [-0.3, -0.25) is 4.79 Å².